The number of amides is 1. The van der Waals surface area contributed by atoms with Gasteiger partial charge >= 0.3 is 0 Å². The van der Waals surface area contributed by atoms with Crippen LogP contribution in [0.25, 0.3) is 5.65 Å². The maximum absolute atomic E-state index is 12.7. The zero-order valence-corrected chi connectivity index (χ0v) is 14.2. The summed E-state index contributed by atoms with van der Waals surface area (Å²) >= 11 is 0. The highest BCUT2D eigenvalue weighted by molar-refractivity contribution is 5.94. The molecule has 0 spiro atoms. The molecule has 2 heterocycles. The van der Waals surface area contributed by atoms with Crippen molar-refractivity contribution in [2.45, 2.75) is 27.3 Å². The van der Waals surface area contributed by atoms with Crippen LogP contribution in [0.4, 0.5) is 0 Å². The minimum Gasteiger partial charge on any atom is -0.490 e. The van der Waals surface area contributed by atoms with Crippen molar-refractivity contribution in [3.63, 3.8) is 0 Å². The van der Waals surface area contributed by atoms with Crippen molar-refractivity contribution in [2.75, 3.05) is 6.61 Å². The van der Waals surface area contributed by atoms with Crippen molar-refractivity contribution in [1.29, 1.82) is 0 Å². The highest BCUT2D eigenvalue weighted by Crippen LogP contribution is 2.22. The van der Waals surface area contributed by atoms with Gasteiger partial charge in [0.05, 0.1) is 12.3 Å². The Bertz CT molecular complexity index is 883. The number of hydrogen-bond acceptors (Lipinski definition) is 3. The topological polar surface area (TPSA) is 55.6 Å². The fourth-order valence-corrected chi connectivity index (χ4v) is 2.79. The van der Waals surface area contributed by atoms with Crippen LogP contribution < -0.4 is 10.1 Å². The number of aryl methyl sites for hydroxylation is 2. The van der Waals surface area contributed by atoms with Crippen LogP contribution in [0.5, 0.6) is 5.75 Å². The van der Waals surface area contributed by atoms with Crippen LogP contribution in [0.2, 0.25) is 0 Å². The van der Waals surface area contributed by atoms with Crippen LogP contribution in [0.15, 0.2) is 42.6 Å². The fourth-order valence-electron chi connectivity index (χ4n) is 2.79. The predicted octanol–water partition coefficient (Wildman–Crippen LogP) is 3.28. The third kappa shape index (κ3) is 3.11. The molecule has 1 amide bonds. The monoisotopic (exact) mass is 323 g/mol. The zero-order valence-electron chi connectivity index (χ0n) is 14.2. The minimum absolute atomic E-state index is 0.143. The van der Waals surface area contributed by atoms with E-state index in [0.717, 1.165) is 5.56 Å². The van der Waals surface area contributed by atoms with Gasteiger partial charge in [0.15, 0.2) is 11.4 Å². The van der Waals surface area contributed by atoms with Gasteiger partial charge in [-0.15, -0.1) is 0 Å². The average molecular weight is 323 g/mol. The lowest BCUT2D eigenvalue weighted by Gasteiger charge is -2.08. The molecule has 0 aliphatic rings. The molecule has 3 aromatic rings. The highest BCUT2D eigenvalue weighted by Gasteiger charge is 2.18. The van der Waals surface area contributed by atoms with E-state index in [-0.39, 0.29) is 5.91 Å². The van der Waals surface area contributed by atoms with Gasteiger partial charge < -0.3 is 10.1 Å². The van der Waals surface area contributed by atoms with E-state index in [0.29, 0.717) is 35.9 Å². The second-order valence-corrected chi connectivity index (χ2v) is 5.72. The number of hydrogen-bond donors (Lipinski definition) is 1. The van der Waals surface area contributed by atoms with E-state index in [1.807, 2.05) is 57.3 Å². The average Bonchev–Trinajstić information content (AvgIpc) is 2.90. The minimum atomic E-state index is -0.143. The molecule has 124 valence electrons. The largest absolute Gasteiger partial charge is 0.490 e. The van der Waals surface area contributed by atoms with Gasteiger partial charge in [0.2, 0.25) is 0 Å². The predicted molar refractivity (Wildman–Crippen MR) is 93.4 cm³/mol. The van der Waals surface area contributed by atoms with Crippen molar-refractivity contribution >= 4 is 11.6 Å². The Morgan fingerprint density at radius 2 is 2.08 bits per heavy atom. The number of nitrogens with one attached hydrogen (secondary N) is 1. The molecule has 0 saturated heterocycles. The van der Waals surface area contributed by atoms with Crippen molar-refractivity contribution < 1.29 is 9.53 Å². The van der Waals surface area contributed by atoms with Crippen LogP contribution in [0.3, 0.4) is 0 Å². The second-order valence-electron chi connectivity index (χ2n) is 5.72. The molecule has 0 bridgehead atoms. The molecule has 0 fully saturated rings. The summed E-state index contributed by atoms with van der Waals surface area (Å²) in [7, 11) is 0. The Morgan fingerprint density at radius 3 is 2.83 bits per heavy atom. The SMILES string of the molecule is CCOc1cccn2c(C(=O)NCc3cccc(C)c3)c(C)nc12. The summed E-state index contributed by atoms with van der Waals surface area (Å²) in [5.74, 6) is 0.538. The first kappa shape index (κ1) is 16.1. The molecule has 5 heteroatoms. The number of fused-ring (bicyclic) bond motifs is 1. The van der Waals surface area contributed by atoms with Crippen molar-refractivity contribution in [2.24, 2.45) is 0 Å². The first-order chi connectivity index (χ1) is 11.6. The standard InChI is InChI=1S/C19H21N3O2/c1-4-24-16-9-6-10-22-17(14(3)21-18(16)22)19(23)20-12-15-8-5-7-13(2)11-15/h5-11H,4,12H2,1-3H3,(H,20,23). The van der Waals surface area contributed by atoms with Crippen LogP contribution in [0, 0.1) is 13.8 Å². The van der Waals surface area contributed by atoms with E-state index < -0.39 is 0 Å². The van der Waals surface area contributed by atoms with Gasteiger partial charge in [-0.2, -0.15) is 0 Å². The fraction of sp³-hybridized carbons (Fsp3) is 0.263. The first-order valence-corrected chi connectivity index (χ1v) is 8.04. The summed E-state index contributed by atoms with van der Waals surface area (Å²) in [6.07, 6.45) is 1.83. The Labute approximate surface area is 141 Å². The summed E-state index contributed by atoms with van der Waals surface area (Å²) < 4.78 is 7.38. The summed E-state index contributed by atoms with van der Waals surface area (Å²) in [6.45, 7) is 6.84. The quantitative estimate of drug-likeness (QED) is 0.784. The molecule has 0 unspecified atom stereocenters. The molecule has 0 saturated carbocycles. The summed E-state index contributed by atoms with van der Waals surface area (Å²) in [6, 6.07) is 11.8. The summed E-state index contributed by atoms with van der Waals surface area (Å²) in [4.78, 5) is 17.2. The lowest BCUT2D eigenvalue weighted by molar-refractivity contribution is 0.0944. The third-order valence-electron chi connectivity index (χ3n) is 3.84. The third-order valence-corrected chi connectivity index (χ3v) is 3.84. The number of imidazole rings is 1. The molecule has 3 rings (SSSR count). The Kier molecular flexibility index (Phi) is 4.51. The maximum Gasteiger partial charge on any atom is 0.270 e. The normalized spacial score (nSPS) is 10.8. The number of carbonyl (C=O) groups is 1. The van der Waals surface area contributed by atoms with Crippen molar-refractivity contribution in [1.82, 2.24) is 14.7 Å². The van der Waals surface area contributed by atoms with Gasteiger partial charge in [-0.25, -0.2) is 4.98 Å². The number of rotatable bonds is 5. The molecule has 2 aromatic heterocycles. The lowest BCUT2D eigenvalue weighted by Crippen LogP contribution is -2.25. The lowest BCUT2D eigenvalue weighted by atomic mass is 10.1. The van der Waals surface area contributed by atoms with Gasteiger partial charge in [-0.3, -0.25) is 9.20 Å². The van der Waals surface area contributed by atoms with Crippen molar-refractivity contribution in [3.8, 4) is 5.75 Å². The molecular formula is C19H21N3O2. The van der Waals surface area contributed by atoms with E-state index in [4.69, 9.17) is 4.74 Å². The molecule has 0 radical (unpaired) electrons. The number of aromatic nitrogens is 2. The molecule has 5 nitrogen and oxygen atoms in total. The van der Waals surface area contributed by atoms with Crippen LogP contribution in [-0.4, -0.2) is 21.9 Å². The smallest absolute Gasteiger partial charge is 0.270 e. The molecule has 24 heavy (non-hydrogen) atoms. The Morgan fingerprint density at radius 1 is 1.25 bits per heavy atom. The molecule has 1 aromatic carbocycles. The van der Waals surface area contributed by atoms with Crippen molar-refractivity contribution in [3.05, 3.63) is 65.1 Å². The number of pyridine rings is 1. The highest BCUT2D eigenvalue weighted by atomic mass is 16.5. The number of carbonyl (C=O) groups excluding carboxylic acids is 1. The van der Waals surface area contributed by atoms with Crippen LogP contribution in [0.1, 0.15) is 34.2 Å². The first-order valence-electron chi connectivity index (χ1n) is 8.04. The van der Waals surface area contributed by atoms with E-state index >= 15 is 0 Å². The molecule has 1 N–H and O–H groups in total. The number of benzene rings is 1. The van der Waals surface area contributed by atoms with E-state index in [9.17, 15) is 4.79 Å². The van der Waals surface area contributed by atoms with Gasteiger partial charge in [-0.05, 0) is 38.5 Å². The number of ether oxygens (including phenoxy) is 1. The second kappa shape index (κ2) is 6.74. The van der Waals surface area contributed by atoms with Gasteiger partial charge in [0, 0.05) is 12.7 Å². The molecule has 0 aliphatic carbocycles. The molecular weight excluding hydrogens is 302 g/mol. The van der Waals surface area contributed by atoms with Crippen LogP contribution in [-0.2, 0) is 6.54 Å². The van der Waals surface area contributed by atoms with Gasteiger partial charge in [0.1, 0.15) is 5.69 Å². The Hall–Kier alpha value is -2.82. The van der Waals surface area contributed by atoms with Gasteiger partial charge in [0.25, 0.3) is 5.91 Å². The van der Waals surface area contributed by atoms with E-state index in [2.05, 4.69) is 16.4 Å². The number of nitrogens with zero attached hydrogens (tertiary/aromatic N) is 2. The zero-order chi connectivity index (χ0) is 17.1. The Balaban J connectivity index is 1.87. The summed E-state index contributed by atoms with van der Waals surface area (Å²) in [5, 5.41) is 2.97. The molecule has 0 aliphatic heterocycles. The van der Waals surface area contributed by atoms with Crippen LogP contribution >= 0.6 is 0 Å². The van der Waals surface area contributed by atoms with E-state index in [1.165, 1.54) is 5.56 Å². The maximum atomic E-state index is 12.7. The van der Waals surface area contributed by atoms with Gasteiger partial charge in [-0.1, -0.05) is 29.8 Å². The van der Waals surface area contributed by atoms with E-state index in [1.54, 1.807) is 4.40 Å². The summed E-state index contributed by atoms with van der Waals surface area (Å²) in [5.41, 5.74) is 4.14. The molecule has 0 atom stereocenters.